The molecule has 0 aromatic carbocycles. The van der Waals surface area contributed by atoms with Gasteiger partial charge in [-0.05, 0) is 13.0 Å². The summed E-state index contributed by atoms with van der Waals surface area (Å²) in [4.78, 5) is 24.1. The highest BCUT2D eigenvalue weighted by atomic mass is 35.5. The van der Waals surface area contributed by atoms with Gasteiger partial charge in [-0.1, -0.05) is 35.0 Å². The van der Waals surface area contributed by atoms with E-state index in [-0.39, 0.29) is 28.4 Å². The van der Waals surface area contributed by atoms with E-state index in [4.69, 9.17) is 34.7 Å². The van der Waals surface area contributed by atoms with Gasteiger partial charge in [0.2, 0.25) is 5.91 Å². The molecule has 0 bridgehead atoms. The second-order valence-electron chi connectivity index (χ2n) is 4.23. The van der Waals surface area contributed by atoms with Gasteiger partial charge >= 0.3 is 0 Å². The Hall–Kier alpha value is -1.77. The molecular weight excluding hydrogens is 347 g/mol. The van der Waals surface area contributed by atoms with Gasteiger partial charge in [-0.2, -0.15) is 0 Å². The van der Waals surface area contributed by atoms with E-state index in [1.165, 1.54) is 18.3 Å². The molecule has 0 saturated carbocycles. The van der Waals surface area contributed by atoms with Crippen LogP contribution in [0.15, 0.2) is 23.5 Å². The van der Waals surface area contributed by atoms with Crippen molar-refractivity contribution in [2.75, 3.05) is 16.8 Å². The first-order valence-electron chi connectivity index (χ1n) is 6.03. The molecule has 0 spiro atoms. The van der Waals surface area contributed by atoms with E-state index in [1.54, 1.807) is 6.92 Å². The van der Waals surface area contributed by atoms with Crippen LogP contribution >= 0.6 is 35.0 Å². The fraction of sp³-hybridized carbons (Fsp3) is 0.167. The average Bonchev–Trinajstić information content (AvgIpc) is 2.40. The van der Waals surface area contributed by atoms with E-state index in [0.717, 1.165) is 11.8 Å². The van der Waals surface area contributed by atoms with Crippen molar-refractivity contribution in [3.63, 3.8) is 0 Å². The maximum Gasteiger partial charge on any atom is 0.238 e. The predicted octanol–water partition coefficient (Wildman–Crippen LogP) is 2.46. The molecule has 2 aromatic rings. The number of nitrogen functional groups attached to an aromatic ring is 2. The molecule has 7 nitrogen and oxygen atoms in total. The number of carbonyl (C=O) groups is 1. The van der Waals surface area contributed by atoms with Crippen LogP contribution in [0.4, 0.5) is 17.5 Å². The van der Waals surface area contributed by atoms with E-state index in [1.807, 2.05) is 0 Å². The summed E-state index contributed by atoms with van der Waals surface area (Å²) in [5.74, 6) is 0.401. The third kappa shape index (κ3) is 4.36. The van der Waals surface area contributed by atoms with Crippen molar-refractivity contribution in [3.8, 4) is 0 Å². The van der Waals surface area contributed by atoms with Gasteiger partial charge in [0.25, 0.3) is 0 Å². The van der Waals surface area contributed by atoms with Crippen LogP contribution in [-0.2, 0) is 4.79 Å². The number of carbonyl (C=O) groups excluding carboxylic acids is 1. The summed E-state index contributed by atoms with van der Waals surface area (Å²) in [6.45, 7) is 1.69. The van der Waals surface area contributed by atoms with E-state index in [2.05, 4.69) is 20.3 Å². The number of amides is 1. The molecule has 2 heterocycles. The van der Waals surface area contributed by atoms with Gasteiger partial charge in [-0.15, -0.1) is 0 Å². The van der Waals surface area contributed by atoms with Crippen molar-refractivity contribution >= 4 is 58.3 Å². The van der Waals surface area contributed by atoms with Crippen LogP contribution < -0.4 is 16.8 Å². The summed E-state index contributed by atoms with van der Waals surface area (Å²) in [5.41, 5.74) is 11.2. The van der Waals surface area contributed by atoms with Crippen molar-refractivity contribution in [2.45, 2.75) is 17.3 Å². The summed E-state index contributed by atoms with van der Waals surface area (Å²) >= 11 is 12.8. The topological polar surface area (TPSA) is 120 Å². The number of anilines is 3. The summed E-state index contributed by atoms with van der Waals surface area (Å²) < 4.78 is 0. The summed E-state index contributed by atoms with van der Waals surface area (Å²) in [6.07, 6.45) is 1.39. The minimum absolute atomic E-state index is 0.233. The molecule has 1 atom stereocenters. The van der Waals surface area contributed by atoms with Crippen LogP contribution in [-0.4, -0.2) is 26.1 Å². The van der Waals surface area contributed by atoms with Crippen molar-refractivity contribution in [1.29, 1.82) is 0 Å². The number of aromatic nitrogens is 3. The van der Waals surface area contributed by atoms with Gasteiger partial charge in [0.1, 0.15) is 11.6 Å². The number of rotatable bonds is 4. The third-order valence-electron chi connectivity index (χ3n) is 2.45. The Morgan fingerprint density at radius 2 is 1.91 bits per heavy atom. The molecule has 5 N–H and O–H groups in total. The first-order valence-corrected chi connectivity index (χ1v) is 7.67. The summed E-state index contributed by atoms with van der Waals surface area (Å²) in [7, 11) is 0. The molecule has 0 aliphatic heterocycles. The Kier molecular flexibility index (Phi) is 5.28. The van der Waals surface area contributed by atoms with E-state index >= 15 is 0 Å². The van der Waals surface area contributed by atoms with Crippen LogP contribution in [0.3, 0.4) is 0 Å². The monoisotopic (exact) mass is 358 g/mol. The fourth-order valence-electron chi connectivity index (χ4n) is 1.45. The Morgan fingerprint density at radius 1 is 1.27 bits per heavy atom. The zero-order valence-electron chi connectivity index (χ0n) is 11.4. The first kappa shape index (κ1) is 16.6. The highest BCUT2D eigenvalue weighted by Crippen LogP contribution is 2.25. The van der Waals surface area contributed by atoms with Crippen LogP contribution in [0.2, 0.25) is 10.0 Å². The molecule has 0 radical (unpaired) electrons. The largest absolute Gasteiger partial charge is 0.383 e. The maximum atomic E-state index is 12.1. The molecule has 116 valence electrons. The van der Waals surface area contributed by atoms with Gasteiger partial charge in [0.15, 0.2) is 11.0 Å². The van der Waals surface area contributed by atoms with Crippen LogP contribution in [0.25, 0.3) is 0 Å². The molecule has 0 fully saturated rings. The molecule has 0 aliphatic rings. The average molecular weight is 359 g/mol. The molecule has 10 heteroatoms. The van der Waals surface area contributed by atoms with Gasteiger partial charge in [0, 0.05) is 12.3 Å². The Bertz CT molecular complexity index is 694. The number of nitrogens with zero attached hydrogens (tertiary/aromatic N) is 3. The SMILES string of the molecule is CC(Sc1nc(N)cc(N)n1)C(=O)Nc1ncc(Cl)cc1Cl. The highest BCUT2D eigenvalue weighted by Gasteiger charge is 2.18. The number of thioether (sulfide) groups is 1. The van der Waals surface area contributed by atoms with Crippen LogP contribution in [0.5, 0.6) is 0 Å². The van der Waals surface area contributed by atoms with Crippen LogP contribution in [0, 0.1) is 0 Å². The normalized spacial score (nSPS) is 12.0. The second-order valence-corrected chi connectivity index (χ2v) is 6.39. The molecular formula is C12H12Cl2N6OS. The van der Waals surface area contributed by atoms with Crippen molar-refractivity contribution in [3.05, 3.63) is 28.4 Å². The summed E-state index contributed by atoms with van der Waals surface area (Å²) in [6, 6.07) is 2.93. The number of hydrogen-bond acceptors (Lipinski definition) is 7. The number of halogens is 2. The quantitative estimate of drug-likeness (QED) is 0.566. The molecule has 0 aliphatic carbocycles. The number of nitrogens with two attached hydrogens (primary N) is 2. The molecule has 22 heavy (non-hydrogen) atoms. The smallest absolute Gasteiger partial charge is 0.238 e. The molecule has 0 saturated heterocycles. The van der Waals surface area contributed by atoms with E-state index in [9.17, 15) is 4.79 Å². The van der Waals surface area contributed by atoms with Crippen molar-refractivity contribution < 1.29 is 4.79 Å². The van der Waals surface area contributed by atoms with Gasteiger partial charge in [0.05, 0.1) is 15.3 Å². The Labute approximate surface area is 140 Å². The predicted molar refractivity (Wildman–Crippen MR) is 89.1 cm³/mol. The van der Waals surface area contributed by atoms with E-state index in [0.29, 0.717) is 10.2 Å². The Balaban J connectivity index is 2.05. The zero-order valence-corrected chi connectivity index (χ0v) is 13.7. The Morgan fingerprint density at radius 3 is 2.50 bits per heavy atom. The van der Waals surface area contributed by atoms with E-state index < -0.39 is 5.25 Å². The molecule has 1 unspecified atom stereocenters. The molecule has 1 amide bonds. The number of hydrogen-bond donors (Lipinski definition) is 3. The third-order valence-corrected chi connectivity index (χ3v) is 3.90. The van der Waals surface area contributed by atoms with Gasteiger partial charge in [-0.3, -0.25) is 4.79 Å². The minimum Gasteiger partial charge on any atom is -0.383 e. The lowest BCUT2D eigenvalue weighted by Gasteiger charge is -2.12. The van der Waals surface area contributed by atoms with Gasteiger partial charge in [-0.25, -0.2) is 15.0 Å². The first-order chi connectivity index (χ1) is 10.3. The lowest BCUT2D eigenvalue weighted by atomic mass is 10.4. The standard InChI is InChI=1S/C12H12Cl2N6OS/c1-5(22-12-18-8(15)3-9(16)19-12)11(21)20-10-7(14)2-6(13)4-17-10/h2-5H,1H3,(H,17,20,21)(H4,15,16,18,19). The molecule has 2 rings (SSSR count). The summed E-state index contributed by atoms with van der Waals surface area (Å²) in [5, 5.41) is 3.05. The number of pyridine rings is 1. The number of nitrogens with one attached hydrogen (secondary N) is 1. The molecule has 2 aromatic heterocycles. The minimum atomic E-state index is -0.505. The van der Waals surface area contributed by atoms with Crippen molar-refractivity contribution in [2.24, 2.45) is 0 Å². The van der Waals surface area contributed by atoms with Gasteiger partial charge < -0.3 is 16.8 Å². The fourth-order valence-corrected chi connectivity index (χ4v) is 2.68. The zero-order chi connectivity index (χ0) is 16.3. The lowest BCUT2D eigenvalue weighted by molar-refractivity contribution is -0.115. The van der Waals surface area contributed by atoms with Crippen molar-refractivity contribution in [1.82, 2.24) is 15.0 Å². The second kappa shape index (κ2) is 6.99. The van der Waals surface area contributed by atoms with Crippen LogP contribution in [0.1, 0.15) is 6.92 Å². The highest BCUT2D eigenvalue weighted by molar-refractivity contribution is 8.00. The lowest BCUT2D eigenvalue weighted by Crippen LogP contribution is -2.23. The maximum absolute atomic E-state index is 12.1.